The number of nitrogens with one attached hydrogen (secondary N) is 1. The van der Waals surface area contributed by atoms with Gasteiger partial charge in [0.15, 0.2) is 0 Å². The molecule has 172 valence electrons. The number of aliphatic hydroxyl groups is 1. The molecule has 2 aromatic rings. The lowest BCUT2D eigenvalue weighted by molar-refractivity contribution is -0.135. The minimum absolute atomic E-state index is 0.0480. The van der Waals surface area contributed by atoms with Gasteiger partial charge in [0.1, 0.15) is 11.5 Å². The zero-order valence-electron chi connectivity index (χ0n) is 18.0. The number of fused-ring (bicyclic) bond motifs is 1. The molecule has 3 rings (SSSR count). The van der Waals surface area contributed by atoms with Crippen LogP contribution in [0.1, 0.15) is 39.9 Å². The van der Waals surface area contributed by atoms with Crippen molar-refractivity contribution >= 4 is 29.2 Å². The Kier molecular flexibility index (Phi) is 11.5. The zero-order chi connectivity index (χ0) is 23.4. The van der Waals surface area contributed by atoms with Gasteiger partial charge in [0.05, 0.1) is 13.2 Å². The third-order valence-electron chi connectivity index (χ3n) is 3.93. The molecule has 2 aromatic heterocycles. The first kappa shape index (κ1) is 26.3. The minimum Gasteiger partial charge on any atom is -0.481 e. The molecule has 0 atom stereocenters. The minimum atomic E-state index is -0.833. The number of thiophene rings is 1. The van der Waals surface area contributed by atoms with Gasteiger partial charge in [0, 0.05) is 62.4 Å². The molecule has 1 aliphatic heterocycles. The van der Waals surface area contributed by atoms with E-state index in [1.807, 2.05) is 25.3 Å². The van der Waals surface area contributed by atoms with Crippen LogP contribution in [0.3, 0.4) is 0 Å². The Morgan fingerprint density at radius 2 is 1.84 bits per heavy atom. The first-order valence-electron chi connectivity index (χ1n) is 9.75. The van der Waals surface area contributed by atoms with E-state index >= 15 is 0 Å². The van der Waals surface area contributed by atoms with Crippen LogP contribution < -0.4 is 5.32 Å². The van der Waals surface area contributed by atoms with E-state index in [2.05, 4.69) is 14.9 Å². The number of aliphatic hydroxyl groups excluding tert-OH is 1. The van der Waals surface area contributed by atoms with Gasteiger partial charge < -0.3 is 30.1 Å². The highest BCUT2D eigenvalue weighted by molar-refractivity contribution is 7.11. The van der Waals surface area contributed by atoms with Crippen molar-refractivity contribution in [1.29, 1.82) is 0 Å². The summed E-state index contributed by atoms with van der Waals surface area (Å²) in [5.74, 6) is -0.826. The Balaban J connectivity index is 0.000000519. The third-order valence-corrected chi connectivity index (χ3v) is 4.92. The summed E-state index contributed by atoms with van der Waals surface area (Å²) < 4.78 is 2.06. The summed E-state index contributed by atoms with van der Waals surface area (Å²) in [5.41, 5.74) is 0.476. The molecule has 0 saturated heterocycles. The molecule has 0 saturated carbocycles. The number of amides is 1. The van der Waals surface area contributed by atoms with Gasteiger partial charge in [-0.1, -0.05) is 0 Å². The molecule has 10 nitrogen and oxygen atoms in total. The van der Waals surface area contributed by atoms with Crippen LogP contribution in [0, 0.1) is 6.92 Å². The van der Waals surface area contributed by atoms with E-state index in [4.69, 9.17) is 19.8 Å². The van der Waals surface area contributed by atoms with Crippen molar-refractivity contribution in [3.05, 3.63) is 39.6 Å². The SMILES string of the molecule is CC(=O)O.CC(=O)O.Cc1ccc(CN(CCO)C(=O)c2cn3c(n2)CCNCC3)s1. The van der Waals surface area contributed by atoms with Crippen molar-refractivity contribution in [2.45, 2.75) is 40.3 Å². The number of carbonyl (C=O) groups is 3. The van der Waals surface area contributed by atoms with Crippen LogP contribution in [0.2, 0.25) is 0 Å². The van der Waals surface area contributed by atoms with E-state index in [9.17, 15) is 9.90 Å². The smallest absolute Gasteiger partial charge is 0.300 e. The quantitative estimate of drug-likeness (QED) is 0.528. The number of aliphatic carboxylic acids is 2. The van der Waals surface area contributed by atoms with Crippen molar-refractivity contribution < 1.29 is 29.7 Å². The first-order chi connectivity index (χ1) is 14.6. The number of aryl methyl sites for hydroxylation is 1. The largest absolute Gasteiger partial charge is 0.481 e. The first-order valence-corrected chi connectivity index (χ1v) is 10.6. The van der Waals surface area contributed by atoms with E-state index < -0.39 is 11.9 Å². The standard InChI is InChI=1S/C16H22N4O2S.2C2H4O2/c1-12-2-3-13(23-12)10-20(8-9-21)16(22)14-11-19-7-6-17-5-4-15(19)18-14;2*1-2(3)4/h2-3,11,17,21H,4-10H2,1H3;2*1H3,(H,3,4). The second-order valence-electron chi connectivity index (χ2n) is 6.74. The number of carboxylic acids is 2. The summed E-state index contributed by atoms with van der Waals surface area (Å²) in [7, 11) is 0. The van der Waals surface area contributed by atoms with Gasteiger partial charge in [-0.15, -0.1) is 11.3 Å². The summed E-state index contributed by atoms with van der Waals surface area (Å²) in [5, 5.41) is 27.4. The molecule has 3 heterocycles. The zero-order valence-corrected chi connectivity index (χ0v) is 18.8. The van der Waals surface area contributed by atoms with Gasteiger partial charge >= 0.3 is 0 Å². The number of nitrogens with zero attached hydrogens (tertiary/aromatic N) is 3. The molecule has 0 radical (unpaired) electrons. The molecule has 31 heavy (non-hydrogen) atoms. The Labute approximate surface area is 185 Å². The van der Waals surface area contributed by atoms with Crippen molar-refractivity contribution in [2.24, 2.45) is 0 Å². The lowest BCUT2D eigenvalue weighted by Crippen LogP contribution is -2.33. The number of rotatable bonds is 5. The van der Waals surface area contributed by atoms with Crippen molar-refractivity contribution in [2.75, 3.05) is 26.2 Å². The average Bonchev–Trinajstić information content (AvgIpc) is 3.19. The second kappa shape index (κ2) is 13.5. The van der Waals surface area contributed by atoms with Gasteiger partial charge in [0.2, 0.25) is 0 Å². The Hall–Kier alpha value is -2.76. The van der Waals surface area contributed by atoms with Gasteiger partial charge in [0.25, 0.3) is 17.8 Å². The Morgan fingerprint density at radius 1 is 1.19 bits per heavy atom. The third kappa shape index (κ3) is 10.2. The predicted octanol–water partition coefficient (Wildman–Crippen LogP) is 1.22. The molecule has 0 spiro atoms. The summed E-state index contributed by atoms with van der Waals surface area (Å²) in [4.78, 5) is 39.3. The van der Waals surface area contributed by atoms with E-state index in [1.165, 1.54) is 4.88 Å². The summed E-state index contributed by atoms with van der Waals surface area (Å²) in [6, 6.07) is 4.08. The van der Waals surface area contributed by atoms with Gasteiger partial charge in [-0.2, -0.15) is 0 Å². The Morgan fingerprint density at radius 3 is 2.39 bits per heavy atom. The maximum atomic E-state index is 12.8. The number of hydrogen-bond donors (Lipinski definition) is 4. The van der Waals surface area contributed by atoms with Gasteiger partial charge in [-0.05, 0) is 19.1 Å². The fraction of sp³-hybridized carbons (Fsp3) is 0.500. The monoisotopic (exact) mass is 454 g/mol. The van der Waals surface area contributed by atoms with Gasteiger partial charge in [-0.3, -0.25) is 14.4 Å². The number of aromatic nitrogens is 2. The van der Waals surface area contributed by atoms with Crippen LogP contribution in [0.25, 0.3) is 0 Å². The number of hydrogen-bond acceptors (Lipinski definition) is 7. The highest BCUT2D eigenvalue weighted by Gasteiger charge is 2.21. The maximum absolute atomic E-state index is 12.8. The average molecular weight is 455 g/mol. The molecule has 0 bridgehead atoms. The number of imidazole rings is 1. The number of carboxylic acid groups (broad SMARTS) is 2. The molecule has 1 aliphatic rings. The molecule has 1 amide bonds. The highest BCUT2D eigenvalue weighted by atomic mass is 32.1. The van der Waals surface area contributed by atoms with Crippen LogP contribution in [-0.4, -0.2) is 73.9 Å². The fourth-order valence-corrected chi connectivity index (χ4v) is 3.67. The highest BCUT2D eigenvalue weighted by Crippen LogP contribution is 2.18. The van der Waals surface area contributed by atoms with E-state index in [-0.39, 0.29) is 12.5 Å². The molecular formula is C20H30N4O6S. The summed E-state index contributed by atoms with van der Waals surface area (Å²) in [6.45, 7) is 7.62. The maximum Gasteiger partial charge on any atom is 0.300 e. The van der Waals surface area contributed by atoms with E-state index in [1.54, 1.807) is 16.2 Å². The molecule has 0 unspecified atom stereocenters. The number of carbonyl (C=O) groups excluding carboxylic acids is 1. The van der Waals surface area contributed by atoms with Crippen LogP contribution in [0.4, 0.5) is 0 Å². The molecule has 0 fully saturated rings. The Bertz CT molecular complexity index is 820. The molecule has 0 aliphatic carbocycles. The van der Waals surface area contributed by atoms with E-state index in [0.717, 1.165) is 50.6 Å². The summed E-state index contributed by atoms with van der Waals surface area (Å²) >= 11 is 1.68. The predicted molar refractivity (Wildman–Crippen MR) is 116 cm³/mol. The van der Waals surface area contributed by atoms with Crippen LogP contribution in [0.5, 0.6) is 0 Å². The van der Waals surface area contributed by atoms with Gasteiger partial charge in [-0.25, -0.2) is 4.98 Å². The van der Waals surface area contributed by atoms with Crippen molar-refractivity contribution in [3.63, 3.8) is 0 Å². The normalized spacial score (nSPS) is 12.3. The van der Waals surface area contributed by atoms with Crippen LogP contribution >= 0.6 is 11.3 Å². The topological polar surface area (TPSA) is 145 Å². The molecule has 0 aromatic carbocycles. The van der Waals surface area contributed by atoms with Crippen molar-refractivity contribution in [1.82, 2.24) is 19.8 Å². The summed E-state index contributed by atoms with van der Waals surface area (Å²) in [6.07, 6.45) is 2.67. The lowest BCUT2D eigenvalue weighted by Gasteiger charge is -2.20. The second-order valence-corrected chi connectivity index (χ2v) is 8.11. The van der Waals surface area contributed by atoms with Crippen LogP contribution in [-0.2, 0) is 29.1 Å². The fourth-order valence-electron chi connectivity index (χ4n) is 2.77. The molecule has 11 heteroatoms. The lowest BCUT2D eigenvalue weighted by atomic mass is 10.3. The van der Waals surface area contributed by atoms with E-state index in [0.29, 0.717) is 18.8 Å². The van der Waals surface area contributed by atoms with Crippen LogP contribution in [0.15, 0.2) is 18.3 Å². The molecular weight excluding hydrogens is 424 g/mol. The van der Waals surface area contributed by atoms with Crippen molar-refractivity contribution in [3.8, 4) is 0 Å². The molecule has 4 N–H and O–H groups in total.